The second kappa shape index (κ2) is 12.5. The van der Waals surface area contributed by atoms with Crippen molar-refractivity contribution in [3.05, 3.63) is 88.9 Å². The highest BCUT2D eigenvalue weighted by molar-refractivity contribution is 9.10. The molecule has 0 radical (unpaired) electrons. The highest BCUT2D eigenvalue weighted by Crippen LogP contribution is 2.25. The lowest BCUT2D eigenvalue weighted by Gasteiger charge is -2.24. The topological polar surface area (TPSA) is 105 Å². The Bertz CT molecular complexity index is 1250. The average molecular weight is 560 g/mol. The molecule has 0 saturated heterocycles. The number of nitrogens with zero attached hydrogens (tertiary/aromatic N) is 1. The predicted octanol–water partition coefficient (Wildman–Crippen LogP) is 4.05. The molecule has 0 aliphatic heterocycles. The molecule has 0 heterocycles. The monoisotopic (exact) mass is 559 g/mol. The number of carbonyl (C=O) groups is 2. The van der Waals surface area contributed by atoms with E-state index in [0.29, 0.717) is 25.3 Å². The maximum atomic E-state index is 13.4. The lowest BCUT2D eigenvalue weighted by molar-refractivity contribution is -0.114. The Morgan fingerprint density at radius 1 is 0.943 bits per heavy atom. The summed E-state index contributed by atoms with van der Waals surface area (Å²) in [5.41, 5.74) is 0.894. The number of methoxy groups -OCH3 is 1. The Hall–Kier alpha value is -3.21. The summed E-state index contributed by atoms with van der Waals surface area (Å²) in [5, 5.41) is 5.47. The van der Waals surface area contributed by atoms with Gasteiger partial charge in [0.2, 0.25) is 5.91 Å². The molecule has 3 rings (SSSR count). The van der Waals surface area contributed by atoms with Crippen molar-refractivity contribution in [2.45, 2.75) is 11.3 Å². The Kier molecular flexibility index (Phi) is 9.41. The van der Waals surface area contributed by atoms with Crippen LogP contribution in [0.4, 0.5) is 11.4 Å². The molecule has 0 fully saturated rings. The summed E-state index contributed by atoms with van der Waals surface area (Å²) in [5.74, 6) is -0.939. The number of carbonyl (C=O) groups excluding carboxylic acids is 2. The second-order valence-electron chi connectivity index (χ2n) is 7.50. The summed E-state index contributed by atoms with van der Waals surface area (Å²) in [6, 6.07) is 21.1. The highest BCUT2D eigenvalue weighted by atomic mass is 79.9. The normalized spacial score (nSPS) is 11.0. The van der Waals surface area contributed by atoms with Crippen LogP contribution in [-0.2, 0) is 19.6 Å². The third kappa shape index (κ3) is 7.14. The van der Waals surface area contributed by atoms with E-state index in [4.69, 9.17) is 4.74 Å². The number of rotatable bonds is 11. The number of ether oxygens (including phenoxy) is 1. The molecule has 0 spiro atoms. The van der Waals surface area contributed by atoms with E-state index < -0.39 is 22.5 Å². The third-order valence-corrected chi connectivity index (χ3v) is 7.31. The molecule has 0 unspecified atom stereocenters. The summed E-state index contributed by atoms with van der Waals surface area (Å²) in [6.07, 6.45) is 0.649. The van der Waals surface area contributed by atoms with E-state index in [2.05, 4.69) is 26.6 Å². The zero-order valence-electron chi connectivity index (χ0n) is 19.1. The zero-order valence-corrected chi connectivity index (χ0v) is 21.5. The van der Waals surface area contributed by atoms with E-state index >= 15 is 0 Å². The number of hydrogen-bond acceptors (Lipinski definition) is 5. The van der Waals surface area contributed by atoms with Gasteiger partial charge in [0.15, 0.2) is 0 Å². The molecule has 35 heavy (non-hydrogen) atoms. The Balaban J connectivity index is 1.83. The van der Waals surface area contributed by atoms with E-state index in [1.165, 1.54) is 12.1 Å². The number of amides is 2. The van der Waals surface area contributed by atoms with Gasteiger partial charge < -0.3 is 15.4 Å². The van der Waals surface area contributed by atoms with Crippen LogP contribution in [-0.4, -0.2) is 47.0 Å². The van der Waals surface area contributed by atoms with Crippen LogP contribution in [0.3, 0.4) is 0 Å². The third-order valence-electron chi connectivity index (χ3n) is 4.99. The fourth-order valence-electron chi connectivity index (χ4n) is 3.27. The smallest absolute Gasteiger partial charge is 0.264 e. The predicted molar refractivity (Wildman–Crippen MR) is 139 cm³/mol. The van der Waals surface area contributed by atoms with Crippen LogP contribution in [0.15, 0.2) is 88.2 Å². The van der Waals surface area contributed by atoms with Gasteiger partial charge in [0.05, 0.1) is 21.8 Å². The quantitative estimate of drug-likeness (QED) is 0.345. The van der Waals surface area contributed by atoms with E-state index in [-0.39, 0.29) is 22.1 Å². The maximum absolute atomic E-state index is 13.4. The molecule has 184 valence electrons. The lowest BCUT2D eigenvalue weighted by Crippen LogP contribution is -2.38. The molecule has 2 N–H and O–H groups in total. The van der Waals surface area contributed by atoms with Gasteiger partial charge >= 0.3 is 0 Å². The van der Waals surface area contributed by atoms with Crippen molar-refractivity contribution in [2.24, 2.45) is 0 Å². The van der Waals surface area contributed by atoms with Gasteiger partial charge in [0.1, 0.15) is 6.54 Å². The fraction of sp³-hybridized carbons (Fsp3) is 0.200. The van der Waals surface area contributed by atoms with Gasteiger partial charge in [-0.2, -0.15) is 0 Å². The minimum Gasteiger partial charge on any atom is -0.385 e. The van der Waals surface area contributed by atoms with Crippen LogP contribution >= 0.6 is 15.9 Å². The van der Waals surface area contributed by atoms with Crippen LogP contribution in [0.1, 0.15) is 16.8 Å². The first-order valence-electron chi connectivity index (χ1n) is 10.8. The maximum Gasteiger partial charge on any atom is 0.264 e. The fourth-order valence-corrected chi connectivity index (χ4v) is 4.97. The van der Waals surface area contributed by atoms with Crippen molar-refractivity contribution in [1.29, 1.82) is 0 Å². The highest BCUT2D eigenvalue weighted by Gasteiger charge is 2.27. The molecule has 0 aliphatic rings. The van der Waals surface area contributed by atoms with Gasteiger partial charge in [-0.05, 0) is 55.0 Å². The van der Waals surface area contributed by atoms with Gasteiger partial charge in [-0.25, -0.2) is 8.42 Å². The van der Waals surface area contributed by atoms with Crippen LogP contribution < -0.4 is 14.9 Å². The summed E-state index contributed by atoms with van der Waals surface area (Å²) in [7, 11) is -2.45. The summed E-state index contributed by atoms with van der Waals surface area (Å²) < 4.78 is 33.6. The number of para-hydroxylation sites is 1. The molecule has 0 aromatic heterocycles. The number of sulfonamides is 1. The first-order chi connectivity index (χ1) is 16.8. The SMILES string of the molecule is COCCCNC(=O)c1ccccc1NC(=O)CN(c1ccc(Br)cc1)S(=O)(=O)c1ccccc1. The van der Waals surface area contributed by atoms with Crippen LogP contribution in [0.2, 0.25) is 0 Å². The van der Waals surface area contributed by atoms with Gasteiger partial charge in [-0.1, -0.05) is 46.3 Å². The van der Waals surface area contributed by atoms with Crippen molar-refractivity contribution >= 4 is 49.1 Å². The molecule has 2 amide bonds. The van der Waals surface area contributed by atoms with Crippen molar-refractivity contribution in [3.63, 3.8) is 0 Å². The number of benzene rings is 3. The largest absolute Gasteiger partial charge is 0.385 e. The lowest BCUT2D eigenvalue weighted by atomic mass is 10.1. The molecule has 0 saturated carbocycles. The van der Waals surface area contributed by atoms with Crippen molar-refractivity contribution in [3.8, 4) is 0 Å². The van der Waals surface area contributed by atoms with Gasteiger partial charge in [0, 0.05) is 24.7 Å². The molecule has 10 heteroatoms. The number of halogens is 1. The molecule has 0 atom stereocenters. The Morgan fingerprint density at radius 3 is 2.29 bits per heavy atom. The van der Waals surface area contributed by atoms with E-state index in [0.717, 1.165) is 8.78 Å². The van der Waals surface area contributed by atoms with E-state index in [9.17, 15) is 18.0 Å². The molecule has 3 aromatic carbocycles. The minimum atomic E-state index is -4.03. The average Bonchev–Trinajstić information content (AvgIpc) is 2.86. The van der Waals surface area contributed by atoms with Crippen LogP contribution in [0.25, 0.3) is 0 Å². The molecular weight excluding hydrogens is 534 g/mol. The summed E-state index contributed by atoms with van der Waals surface area (Å²) >= 11 is 3.34. The van der Waals surface area contributed by atoms with Crippen LogP contribution in [0.5, 0.6) is 0 Å². The molecular formula is C25H26BrN3O5S. The summed E-state index contributed by atoms with van der Waals surface area (Å²) in [6.45, 7) is 0.449. The number of hydrogen-bond donors (Lipinski definition) is 2. The van der Waals surface area contributed by atoms with Gasteiger partial charge in [-0.15, -0.1) is 0 Å². The summed E-state index contributed by atoms with van der Waals surface area (Å²) in [4.78, 5) is 25.7. The molecule has 0 bridgehead atoms. The molecule has 8 nitrogen and oxygen atoms in total. The van der Waals surface area contributed by atoms with E-state index in [1.54, 1.807) is 73.8 Å². The van der Waals surface area contributed by atoms with Crippen molar-refractivity contribution < 1.29 is 22.7 Å². The van der Waals surface area contributed by atoms with Gasteiger partial charge in [-0.3, -0.25) is 13.9 Å². The van der Waals surface area contributed by atoms with Crippen molar-refractivity contribution in [2.75, 3.05) is 36.4 Å². The first-order valence-corrected chi connectivity index (χ1v) is 13.1. The molecule has 3 aromatic rings. The van der Waals surface area contributed by atoms with Gasteiger partial charge in [0.25, 0.3) is 15.9 Å². The second-order valence-corrected chi connectivity index (χ2v) is 10.3. The van der Waals surface area contributed by atoms with Crippen molar-refractivity contribution in [1.82, 2.24) is 5.32 Å². The first kappa shape index (κ1) is 26.4. The Morgan fingerprint density at radius 2 is 1.60 bits per heavy atom. The number of anilines is 2. The minimum absolute atomic E-state index is 0.0616. The molecule has 0 aliphatic carbocycles. The zero-order chi connectivity index (χ0) is 25.3. The van der Waals surface area contributed by atoms with E-state index in [1.807, 2.05) is 0 Å². The number of nitrogens with one attached hydrogen (secondary N) is 2. The Labute approximate surface area is 213 Å². The van der Waals surface area contributed by atoms with Crippen LogP contribution in [0, 0.1) is 0 Å². The standard InChI is InChI=1S/C25H26BrN3O5S/c1-34-17-7-16-27-25(31)22-10-5-6-11-23(22)28-24(30)18-29(20-14-12-19(26)13-15-20)35(32,33)21-8-3-2-4-9-21/h2-6,8-15H,7,16-18H2,1H3,(H,27,31)(H,28,30).